The molecule has 0 aliphatic heterocycles. The Bertz CT molecular complexity index is 584. The van der Waals surface area contributed by atoms with Gasteiger partial charge in [0.05, 0.1) is 11.8 Å². The third-order valence-corrected chi connectivity index (χ3v) is 2.90. The number of carbonyl (C=O) groups is 1. The number of nitrogens with zero attached hydrogens (tertiary/aromatic N) is 2. The lowest BCUT2D eigenvalue weighted by molar-refractivity contribution is 0.0784. The van der Waals surface area contributed by atoms with Gasteiger partial charge in [-0.2, -0.15) is 0 Å². The van der Waals surface area contributed by atoms with E-state index in [2.05, 4.69) is 4.98 Å². The number of rotatable bonds is 3. The van der Waals surface area contributed by atoms with Crippen LogP contribution in [0.15, 0.2) is 42.7 Å². The first kappa shape index (κ1) is 13.4. The highest BCUT2D eigenvalue weighted by molar-refractivity contribution is 6.30. The summed E-state index contributed by atoms with van der Waals surface area (Å²) in [5, 5.41) is 9.98. The molecular formula is C14H13ClN2O2. The lowest BCUT2D eigenvalue weighted by Gasteiger charge is -2.17. The van der Waals surface area contributed by atoms with Gasteiger partial charge in [-0.1, -0.05) is 23.7 Å². The summed E-state index contributed by atoms with van der Waals surface area (Å²) >= 11 is 5.81. The first-order valence-electron chi connectivity index (χ1n) is 5.70. The third kappa shape index (κ3) is 3.45. The van der Waals surface area contributed by atoms with Crippen molar-refractivity contribution in [3.63, 3.8) is 0 Å². The molecule has 0 aliphatic carbocycles. The molecule has 5 heteroatoms. The fourth-order valence-electron chi connectivity index (χ4n) is 1.70. The maximum absolute atomic E-state index is 12.1. The Kier molecular flexibility index (Phi) is 4.02. The molecule has 0 spiro atoms. The third-order valence-electron chi connectivity index (χ3n) is 2.65. The van der Waals surface area contributed by atoms with Crippen molar-refractivity contribution >= 4 is 17.5 Å². The Morgan fingerprint density at radius 2 is 2.00 bits per heavy atom. The van der Waals surface area contributed by atoms with Crippen molar-refractivity contribution in [1.29, 1.82) is 0 Å². The number of benzene rings is 1. The molecule has 0 fully saturated rings. The Labute approximate surface area is 116 Å². The average molecular weight is 277 g/mol. The second-order valence-electron chi connectivity index (χ2n) is 4.22. The molecular weight excluding hydrogens is 264 g/mol. The molecule has 2 aromatic rings. The second kappa shape index (κ2) is 5.71. The van der Waals surface area contributed by atoms with Crippen LogP contribution in [0.1, 0.15) is 15.9 Å². The largest absolute Gasteiger partial charge is 0.506 e. The predicted molar refractivity (Wildman–Crippen MR) is 73.2 cm³/mol. The van der Waals surface area contributed by atoms with Crippen molar-refractivity contribution < 1.29 is 9.90 Å². The van der Waals surface area contributed by atoms with Gasteiger partial charge in [0.2, 0.25) is 0 Å². The van der Waals surface area contributed by atoms with E-state index >= 15 is 0 Å². The minimum absolute atomic E-state index is 0.0225. The number of pyridine rings is 1. The first-order chi connectivity index (χ1) is 9.06. The molecule has 0 unspecified atom stereocenters. The summed E-state index contributed by atoms with van der Waals surface area (Å²) in [6.07, 6.45) is 2.72. The molecule has 0 bridgehead atoms. The molecule has 1 heterocycles. The van der Waals surface area contributed by atoms with Crippen molar-refractivity contribution in [2.24, 2.45) is 0 Å². The van der Waals surface area contributed by atoms with Crippen molar-refractivity contribution in [2.75, 3.05) is 7.05 Å². The standard InChI is InChI=1S/C14H13ClN2O2/c1-17(9-10-2-4-12(15)5-3-10)14(19)11-6-13(18)8-16-7-11/h2-8,18H,9H2,1H3. The summed E-state index contributed by atoms with van der Waals surface area (Å²) < 4.78 is 0. The van der Waals surface area contributed by atoms with Crippen LogP contribution in [0, 0.1) is 0 Å². The summed E-state index contributed by atoms with van der Waals surface area (Å²) in [4.78, 5) is 17.5. The lowest BCUT2D eigenvalue weighted by Crippen LogP contribution is -2.26. The molecule has 4 nitrogen and oxygen atoms in total. The number of carbonyl (C=O) groups excluding carboxylic acids is 1. The Morgan fingerprint density at radius 3 is 2.63 bits per heavy atom. The molecule has 1 N–H and O–H groups in total. The van der Waals surface area contributed by atoms with Crippen LogP contribution in [-0.4, -0.2) is 27.9 Å². The molecule has 1 amide bonds. The monoisotopic (exact) mass is 276 g/mol. The van der Waals surface area contributed by atoms with Crippen LogP contribution in [-0.2, 0) is 6.54 Å². The van der Waals surface area contributed by atoms with Gasteiger partial charge < -0.3 is 10.0 Å². The maximum atomic E-state index is 12.1. The number of hydrogen-bond donors (Lipinski definition) is 1. The highest BCUT2D eigenvalue weighted by Gasteiger charge is 2.12. The summed E-state index contributed by atoms with van der Waals surface area (Å²) in [5.74, 6) is -0.218. The minimum Gasteiger partial charge on any atom is -0.506 e. The molecule has 0 saturated heterocycles. The van der Waals surface area contributed by atoms with Crippen LogP contribution in [0.4, 0.5) is 0 Å². The Balaban J connectivity index is 2.09. The minimum atomic E-state index is -0.196. The summed E-state index contributed by atoms with van der Waals surface area (Å²) in [5.41, 5.74) is 1.34. The van der Waals surface area contributed by atoms with Crippen molar-refractivity contribution in [1.82, 2.24) is 9.88 Å². The van der Waals surface area contributed by atoms with E-state index in [1.54, 1.807) is 24.1 Å². The highest BCUT2D eigenvalue weighted by atomic mass is 35.5. The van der Waals surface area contributed by atoms with Crippen LogP contribution in [0.5, 0.6) is 5.75 Å². The van der Waals surface area contributed by atoms with Gasteiger partial charge in [0.1, 0.15) is 5.75 Å². The topological polar surface area (TPSA) is 53.4 Å². The molecule has 19 heavy (non-hydrogen) atoms. The predicted octanol–water partition coefficient (Wildman–Crippen LogP) is 2.71. The molecule has 2 rings (SSSR count). The van der Waals surface area contributed by atoms with E-state index in [-0.39, 0.29) is 11.7 Å². The van der Waals surface area contributed by atoms with Gasteiger partial charge in [-0.25, -0.2) is 0 Å². The SMILES string of the molecule is CN(Cc1ccc(Cl)cc1)C(=O)c1cncc(O)c1. The molecule has 0 aliphatic rings. The zero-order valence-corrected chi connectivity index (χ0v) is 11.1. The molecule has 0 saturated carbocycles. The molecule has 1 aromatic carbocycles. The molecule has 98 valence electrons. The van der Waals surface area contributed by atoms with Gasteiger partial charge in [0, 0.05) is 24.8 Å². The Hall–Kier alpha value is -2.07. The second-order valence-corrected chi connectivity index (χ2v) is 4.66. The number of amides is 1. The summed E-state index contributed by atoms with van der Waals surface area (Å²) in [7, 11) is 1.70. The van der Waals surface area contributed by atoms with Crippen LogP contribution in [0.3, 0.4) is 0 Å². The molecule has 0 atom stereocenters. The molecule has 1 aromatic heterocycles. The zero-order valence-electron chi connectivity index (χ0n) is 10.4. The van der Waals surface area contributed by atoms with E-state index in [1.165, 1.54) is 18.5 Å². The zero-order chi connectivity index (χ0) is 13.8. The van der Waals surface area contributed by atoms with E-state index in [0.29, 0.717) is 17.1 Å². The maximum Gasteiger partial charge on any atom is 0.255 e. The van der Waals surface area contributed by atoms with Crippen LogP contribution >= 0.6 is 11.6 Å². The van der Waals surface area contributed by atoms with E-state index in [9.17, 15) is 9.90 Å². The Morgan fingerprint density at radius 1 is 1.32 bits per heavy atom. The fourth-order valence-corrected chi connectivity index (χ4v) is 1.83. The van der Waals surface area contributed by atoms with Crippen molar-refractivity contribution in [3.8, 4) is 5.75 Å². The first-order valence-corrected chi connectivity index (χ1v) is 6.08. The number of aromatic nitrogens is 1. The van der Waals surface area contributed by atoms with E-state index < -0.39 is 0 Å². The van der Waals surface area contributed by atoms with Gasteiger partial charge in [0.25, 0.3) is 5.91 Å². The van der Waals surface area contributed by atoms with Gasteiger partial charge in [-0.3, -0.25) is 9.78 Å². The van der Waals surface area contributed by atoms with Crippen LogP contribution in [0.25, 0.3) is 0 Å². The normalized spacial score (nSPS) is 10.2. The highest BCUT2D eigenvalue weighted by Crippen LogP contribution is 2.14. The lowest BCUT2D eigenvalue weighted by atomic mass is 10.2. The summed E-state index contributed by atoms with van der Waals surface area (Å²) in [6, 6.07) is 8.70. The summed E-state index contributed by atoms with van der Waals surface area (Å²) in [6.45, 7) is 0.464. The van der Waals surface area contributed by atoms with E-state index in [4.69, 9.17) is 11.6 Å². The smallest absolute Gasteiger partial charge is 0.255 e. The van der Waals surface area contributed by atoms with Crippen LogP contribution in [0.2, 0.25) is 5.02 Å². The van der Waals surface area contributed by atoms with Crippen molar-refractivity contribution in [2.45, 2.75) is 6.54 Å². The average Bonchev–Trinajstić information content (AvgIpc) is 2.40. The number of aromatic hydroxyl groups is 1. The van der Waals surface area contributed by atoms with Crippen LogP contribution < -0.4 is 0 Å². The quantitative estimate of drug-likeness (QED) is 0.938. The van der Waals surface area contributed by atoms with E-state index in [1.807, 2.05) is 12.1 Å². The van der Waals surface area contributed by atoms with Crippen molar-refractivity contribution in [3.05, 3.63) is 58.9 Å². The number of halogens is 1. The van der Waals surface area contributed by atoms with Gasteiger partial charge >= 0.3 is 0 Å². The number of hydrogen-bond acceptors (Lipinski definition) is 3. The molecule has 0 radical (unpaired) electrons. The van der Waals surface area contributed by atoms with Gasteiger partial charge in [0.15, 0.2) is 0 Å². The van der Waals surface area contributed by atoms with Gasteiger partial charge in [-0.05, 0) is 23.8 Å². The fraction of sp³-hybridized carbons (Fsp3) is 0.143. The van der Waals surface area contributed by atoms with E-state index in [0.717, 1.165) is 5.56 Å². The van der Waals surface area contributed by atoms with Gasteiger partial charge in [-0.15, -0.1) is 0 Å².